The molecule has 90 valence electrons. The minimum atomic E-state index is -0.345. The zero-order valence-electron chi connectivity index (χ0n) is 9.90. The number of nitro benzene ring substituents is 1. The molecular weight excluding hydrogens is 216 g/mol. The van der Waals surface area contributed by atoms with Crippen LogP contribution in [0.3, 0.4) is 0 Å². The molecule has 0 atom stereocenters. The number of nitro groups is 1. The molecule has 1 N–H and O–H groups in total. The van der Waals surface area contributed by atoms with Crippen LogP contribution in [-0.4, -0.2) is 9.91 Å². The first kappa shape index (κ1) is 11.6. The van der Waals surface area contributed by atoms with E-state index in [4.69, 9.17) is 0 Å². The van der Waals surface area contributed by atoms with E-state index in [1.807, 2.05) is 6.20 Å². The number of nitrogens with zero attached hydrogens (tertiary/aromatic N) is 1. The highest BCUT2D eigenvalue weighted by Crippen LogP contribution is 2.24. The van der Waals surface area contributed by atoms with Crippen LogP contribution in [-0.2, 0) is 6.42 Å². The molecule has 0 unspecified atom stereocenters. The molecule has 0 aliphatic carbocycles. The molecule has 0 amide bonds. The molecule has 1 aromatic heterocycles. The van der Waals surface area contributed by atoms with Crippen molar-refractivity contribution in [3.63, 3.8) is 0 Å². The summed E-state index contributed by atoms with van der Waals surface area (Å²) < 4.78 is 0. The van der Waals surface area contributed by atoms with Crippen LogP contribution in [0.4, 0.5) is 5.69 Å². The number of H-pyrrole nitrogens is 1. The summed E-state index contributed by atoms with van der Waals surface area (Å²) in [5.74, 6) is 0. The van der Waals surface area contributed by atoms with E-state index in [2.05, 4.69) is 11.9 Å². The largest absolute Gasteiger partial charge is 0.361 e. The van der Waals surface area contributed by atoms with Gasteiger partial charge in [0, 0.05) is 29.2 Å². The van der Waals surface area contributed by atoms with E-state index >= 15 is 0 Å². The minimum Gasteiger partial charge on any atom is -0.361 e. The Labute approximate surface area is 99.8 Å². The normalized spacial score (nSPS) is 10.9. The van der Waals surface area contributed by atoms with Gasteiger partial charge < -0.3 is 4.98 Å². The van der Waals surface area contributed by atoms with Gasteiger partial charge in [-0.2, -0.15) is 0 Å². The lowest BCUT2D eigenvalue weighted by molar-refractivity contribution is -0.384. The van der Waals surface area contributed by atoms with Crippen molar-refractivity contribution in [3.8, 4) is 0 Å². The summed E-state index contributed by atoms with van der Waals surface area (Å²) >= 11 is 0. The fraction of sp³-hybridized carbons (Fsp3) is 0.385. The molecule has 0 bridgehead atoms. The van der Waals surface area contributed by atoms with Crippen LogP contribution >= 0.6 is 0 Å². The van der Waals surface area contributed by atoms with Crippen molar-refractivity contribution in [2.24, 2.45) is 0 Å². The van der Waals surface area contributed by atoms with E-state index in [9.17, 15) is 10.1 Å². The van der Waals surface area contributed by atoms with E-state index in [-0.39, 0.29) is 10.6 Å². The molecule has 0 fully saturated rings. The van der Waals surface area contributed by atoms with Crippen molar-refractivity contribution in [1.29, 1.82) is 0 Å². The van der Waals surface area contributed by atoms with Gasteiger partial charge in [0.25, 0.3) is 5.69 Å². The predicted octanol–water partition coefficient (Wildman–Crippen LogP) is 3.81. The van der Waals surface area contributed by atoms with Crippen LogP contribution in [0.1, 0.15) is 31.7 Å². The summed E-state index contributed by atoms with van der Waals surface area (Å²) in [4.78, 5) is 13.5. The first-order valence-corrected chi connectivity index (χ1v) is 5.96. The van der Waals surface area contributed by atoms with Crippen LogP contribution in [0, 0.1) is 10.1 Å². The standard InChI is InChI=1S/C13H16N2O2/c1-2-3-4-5-10-9-14-13-7-6-11(15(16)17)8-12(10)13/h6-9,14H,2-5H2,1H3. The van der Waals surface area contributed by atoms with Crippen LogP contribution in [0.2, 0.25) is 0 Å². The molecule has 0 saturated carbocycles. The molecule has 17 heavy (non-hydrogen) atoms. The highest BCUT2D eigenvalue weighted by Gasteiger charge is 2.09. The van der Waals surface area contributed by atoms with Gasteiger partial charge in [-0.25, -0.2) is 0 Å². The van der Waals surface area contributed by atoms with Gasteiger partial charge in [-0.05, 0) is 24.5 Å². The van der Waals surface area contributed by atoms with Crippen LogP contribution < -0.4 is 0 Å². The maximum Gasteiger partial charge on any atom is 0.270 e. The number of aromatic nitrogens is 1. The van der Waals surface area contributed by atoms with Gasteiger partial charge in [-0.1, -0.05) is 19.8 Å². The number of aromatic amines is 1. The Kier molecular flexibility index (Phi) is 3.42. The van der Waals surface area contributed by atoms with Gasteiger partial charge >= 0.3 is 0 Å². The molecule has 2 rings (SSSR count). The third-order valence-corrected chi connectivity index (χ3v) is 3.01. The molecule has 0 radical (unpaired) electrons. The summed E-state index contributed by atoms with van der Waals surface area (Å²) in [5, 5.41) is 11.7. The Balaban J connectivity index is 2.30. The van der Waals surface area contributed by atoms with Crippen LogP contribution in [0.25, 0.3) is 10.9 Å². The third-order valence-electron chi connectivity index (χ3n) is 3.01. The summed E-state index contributed by atoms with van der Waals surface area (Å²) in [6.07, 6.45) is 6.45. The second-order valence-corrected chi connectivity index (χ2v) is 4.26. The highest BCUT2D eigenvalue weighted by atomic mass is 16.6. The van der Waals surface area contributed by atoms with Crippen molar-refractivity contribution >= 4 is 16.6 Å². The average molecular weight is 232 g/mol. The first-order valence-electron chi connectivity index (χ1n) is 5.96. The van der Waals surface area contributed by atoms with E-state index in [0.29, 0.717) is 0 Å². The fourth-order valence-electron chi connectivity index (χ4n) is 2.05. The Morgan fingerprint density at radius 2 is 2.18 bits per heavy atom. The van der Waals surface area contributed by atoms with E-state index < -0.39 is 0 Å². The molecule has 4 nitrogen and oxygen atoms in total. The highest BCUT2D eigenvalue weighted by molar-refractivity contribution is 5.85. The van der Waals surface area contributed by atoms with Gasteiger partial charge in [0.15, 0.2) is 0 Å². The number of hydrogen-bond acceptors (Lipinski definition) is 2. The number of rotatable bonds is 5. The number of aryl methyl sites for hydroxylation is 1. The van der Waals surface area contributed by atoms with Gasteiger partial charge in [-0.15, -0.1) is 0 Å². The molecule has 1 aromatic carbocycles. The smallest absolute Gasteiger partial charge is 0.270 e. The molecule has 1 heterocycles. The van der Waals surface area contributed by atoms with Crippen molar-refractivity contribution in [2.45, 2.75) is 32.6 Å². The van der Waals surface area contributed by atoms with E-state index in [0.717, 1.165) is 23.7 Å². The van der Waals surface area contributed by atoms with Crippen LogP contribution in [0.15, 0.2) is 24.4 Å². The van der Waals surface area contributed by atoms with Crippen LogP contribution in [0.5, 0.6) is 0 Å². The molecule has 0 saturated heterocycles. The van der Waals surface area contributed by atoms with Gasteiger partial charge in [0.1, 0.15) is 0 Å². The summed E-state index contributed by atoms with van der Waals surface area (Å²) in [7, 11) is 0. The number of hydrogen-bond donors (Lipinski definition) is 1. The number of unbranched alkanes of at least 4 members (excludes halogenated alkanes) is 2. The van der Waals surface area contributed by atoms with Crippen molar-refractivity contribution in [3.05, 3.63) is 40.1 Å². The van der Waals surface area contributed by atoms with Crippen molar-refractivity contribution < 1.29 is 4.92 Å². The molecular formula is C13H16N2O2. The van der Waals surface area contributed by atoms with Gasteiger partial charge in [0.2, 0.25) is 0 Å². The Morgan fingerprint density at radius 3 is 2.88 bits per heavy atom. The number of benzene rings is 1. The molecule has 0 spiro atoms. The average Bonchev–Trinajstić information content (AvgIpc) is 2.72. The maximum atomic E-state index is 10.7. The maximum absolute atomic E-state index is 10.7. The quantitative estimate of drug-likeness (QED) is 0.484. The van der Waals surface area contributed by atoms with Gasteiger partial charge in [-0.3, -0.25) is 10.1 Å². The Morgan fingerprint density at radius 1 is 1.35 bits per heavy atom. The van der Waals surface area contributed by atoms with E-state index in [1.165, 1.54) is 24.5 Å². The van der Waals surface area contributed by atoms with E-state index in [1.54, 1.807) is 12.1 Å². The monoisotopic (exact) mass is 232 g/mol. The predicted molar refractivity (Wildman–Crippen MR) is 68.2 cm³/mol. The number of nitrogens with one attached hydrogen (secondary N) is 1. The summed E-state index contributed by atoms with van der Waals surface area (Å²) in [6.45, 7) is 2.17. The third kappa shape index (κ3) is 2.46. The Bertz CT molecular complexity index is 531. The zero-order chi connectivity index (χ0) is 12.3. The molecule has 2 aromatic rings. The summed E-state index contributed by atoms with van der Waals surface area (Å²) in [5.41, 5.74) is 2.31. The molecule has 0 aliphatic rings. The number of fused-ring (bicyclic) bond motifs is 1. The minimum absolute atomic E-state index is 0.161. The van der Waals surface area contributed by atoms with Gasteiger partial charge in [0.05, 0.1) is 4.92 Å². The second kappa shape index (κ2) is 4.99. The lowest BCUT2D eigenvalue weighted by atomic mass is 10.1. The SMILES string of the molecule is CCCCCc1c[nH]c2ccc([N+](=O)[O-])cc12. The van der Waals surface area contributed by atoms with Crippen molar-refractivity contribution in [1.82, 2.24) is 4.98 Å². The second-order valence-electron chi connectivity index (χ2n) is 4.26. The van der Waals surface area contributed by atoms with Crippen molar-refractivity contribution in [2.75, 3.05) is 0 Å². The zero-order valence-corrected chi connectivity index (χ0v) is 9.90. The molecule has 0 aliphatic heterocycles. The fourth-order valence-corrected chi connectivity index (χ4v) is 2.05. The Hall–Kier alpha value is -1.84. The lowest BCUT2D eigenvalue weighted by Gasteiger charge is -1.98. The molecule has 4 heteroatoms. The topological polar surface area (TPSA) is 58.9 Å². The lowest BCUT2D eigenvalue weighted by Crippen LogP contribution is -1.88. The summed E-state index contributed by atoms with van der Waals surface area (Å²) in [6, 6.07) is 4.97. The number of non-ortho nitro benzene ring substituents is 1. The first-order chi connectivity index (χ1) is 8.22.